The minimum absolute atomic E-state index is 0. The third kappa shape index (κ3) is 4.86. The molecule has 0 saturated carbocycles. The van der Waals surface area contributed by atoms with Crippen molar-refractivity contribution in [2.24, 2.45) is 0 Å². The highest BCUT2D eigenvalue weighted by molar-refractivity contribution is 8.93. The Balaban J connectivity index is 0. The van der Waals surface area contributed by atoms with Crippen LogP contribution in [-0.4, -0.2) is 24.1 Å². The predicted octanol–water partition coefficient (Wildman–Crippen LogP) is 4.06. The van der Waals surface area contributed by atoms with Crippen molar-refractivity contribution in [2.75, 3.05) is 19.6 Å². The van der Waals surface area contributed by atoms with Crippen LogP contribution in [0.5, 0.6) is 0 Å². The van der Waals surface area contributed by atoms with E-state index in [1.807, 2.05) is 0 Å². The van der Waals surface area contributed by atoms with Gasteiger partial charge < -0.3 is 4.48 Å². The van der Waals surface area contributed by atoms with Gasteiger partial charge in [0, 0.05) is 5.56 Å². The summed E-state index contributed by atoms with van der Waals surface area (Å²) >= 11 is 0. The van der Waals surface area contributed by atoms with Crippen LogP contribution in [0, 0.1) is 0 Å². The Labute approximate surface area is 117 Å². The summed E-state index contributed by atoms with van der Waals surface area (Å²) in [6.07, 6.45) is 0. The van der Waals surface area contributed by atoms with Crippen LogP contribution in [-0.2, 0) is 6.54 Å². The summed E-state index contributed by atoms with van der Waals surface area (Å²) in [5, 5.41) is 0. The molecule has 0 radical (unpaired) electrons. The molecule has 94 valence electrons. The minimum Gasteiger partial charge on any atom is -0.321 e. The fourth-order valence-electron chi connectivity index (χ4n) is 1.98. The predicted molar refractivity (Wildman–Crippen MR) is 79.6 cm³/mol. The molecule has 0 saturated heterocycles. The third-order valence-electron chi connectivity index (χ3n) is 3.37. The molecule has 0 fully saturated rings. The molecule has 16 heavy (non-hydrogen) atoms. The highest BCUT2D eigenvalue weighted by atomic mass is 79.9. The zero-order valence-electron chi connectivity index (χ0n) is 10.5. The molecule has 0 aliphatic rings. The molecule has 0 bridgehead atoms. The van der Waals surface area contributed by atoms with Crippen molar-refractivity contribution >= 4 is 29.4 Å². The maximum atomic E-state index is 2.29. The van der Waals surface area contributed by atoms with Crippen molar-refractivity contribution in [2.45, 2.75) is 27.3 Å². The molecule has 0 aliphatic carbocycles. The Morgan fingerprint density at radius 1 is 0.875 bits per heavy atom. The van der Waals surface area contributed by atoms with Crippen LogP contribution in [0.15, 0.2) is 30.3 Å². The molecule has 1 rings (SSSR count). The van der Waals surface area contributed by atoms with Gasteiger partial charge in [0.2, 0.25) is 0 Å². The minimum atomic E-state index is 0. The van der Waals surface area contributed by atoms with Gasteiger partial charge in [-0.1, -0.05) is 30.3 Å². The highest BCUT2D eigenvalue weighted by Gasteiger charge is 2.20. The van der Waals surface area contributed by atoms with Gasteiger partial charge >= 0.3 is 0 Å². The lowest BCUT2D eigenvalue weighted by molar-refractivity contribution is -0.936. The summed E-state index contributed by atoms with van der Waals surface area (Å²) in [6.45, 7) is 11.7. The zero-order valence-corrected chi connectivity index (χ0v) is 13.0. The first-order valence-electron chi connectivity index (χ1n) is 5.65. The second-order valence-corrected chi connectivity index (χ2v) is 3.93. The SMILES string of the molecule is Br.CC[N+](CC)(CC)Cc1ccccc1.Cl. The fraction of sp³-hybridized carbons (Fsp3) is 0.538. The molecule has 0 atom stereocenters. The van der Waals surface area contributed by atoms with Crippen LogP contribution in [0.25, 0.3) is 0 Å². The molecule has 0 amide bonds. The van der Waals surface area contributed by atoms with Crippen LogP contribution in [0.1, 0.15) is 26.3 Å². The standard InChI is InChI=1S/C13H22N.BrH.ClH/c1-4-14(5-2,6-3)12-13-10-8-7-9-11-13;;/h7-11H,4-6,12H2,1-3H3;2*1H/q+1;;. The number of nitrogens with zero attached hydrogens (tertiary/aromatic N) is 1. The molecule has 1 aromatic rings. The first-order valence-corrected chi connectivity index (χ1v) is 5.65. The smallest absolute Gasteiger partial charge is 0.104 e. The topological polar surface area (TPSA) is 0 Å². The van der Waals surface area contributed by atoms with Crippen LogP contribution in [0.2, 0.25) is 0 Å². The normalized spacial score (nSPS) is 10.2. The van der Waals surface area contributed by atoms with Crippen molar-refractivity contribution < 1.29 is 4.48 Å². The van der Waals surface area contributed by atoms with E-state index in [2.05, 4.69) is 51.1 Å². The van der Waals surface area contributed by atoms with Crippen molar-refractivity contribution in [3.05, 3.63) is 35.9 Å². The lowest BCUT2D eigenvalue weighted by Gasteiger charge is -2.35. The van der Waals surface area contributed by atoms with Gasteiger partial charge in [-0.15, -0.1) is 29.4 Å². The van der Waals surface area contributed by atoms with Gasteiger partial charge in [0.05, 0.1) is 19.6 Å². The van der Waals surface area contributed by atoms with Crippen LogP contribution in [0.3, 0.4) is 0 Å². The first kappa shape index (κ1) is 18.3. The fourth-order valence-corrected chi connectivity index (χ4v) is 1.98. The summed E-state index contributed by atoms with van der Waals surface area (Å²) < 4.78 is 1.20. The Morgan fingerprint density at radius 3 is 1.69 bits per heavy atom. The number of benzene rings is 1. The third-order valence-corrected chi connectivity index (χ3v) is 3.37. The molecular formula is C13H24BrClN+. The van der Waals surface area contributed by atoms with Gasteiger partial charge in [-0.25, -0.2) is 0 Å². The van der Waals surface area contributed by atoms with Gasteiger partial charge in [0.1, 0.15) is 6.54 Å². The largest absolute Gasteiger partial charge is 0.321 e. The lowest BCUT2D eigenvalue weighted by atomic mass is 10.2. The van der Waals surface area contributed by atoms with Crippen molar-refractivity contribution in [3.63, 3.8) is 0 Å². The number of hydrogen-bond acceptors (Lipinski definition) is 0. The maximum absolute atomic E-state index is 2.29. The molecule has 0 N–H and O–H groups in total. The number of rotatable bonds is 5. The maximum Gasteiger partial charge on any atom is 0.104 e. The second kappa shape index (κ2) is 9.03. The molecule has 1 nitrogen and oxygen atoms in total. The Kier molecular flexibility index (Phi) is 10.3. The lowest BCUT2D eigenvalue weighted by Crippen LogP contribution is -2.46. The van der Waals surface area contributed by atoms with E-state index in [1.54, 1.807) is 0 Å². The van der Waals surface area contributed by atoms with E-state index in [1.165, 1.54) is 36.2 Å². The van der Waals surface area contributed by atoms with Crippen LogP contribution >= 0.6 is 29.4 Å². The summed E-state index contributed by atoms with van der Waals surface area (Å²) in [5.74, 6) is 0. The van der Waals surface area contributed by atoms with Crippen molar-refractivity contribution in [1.29, 1.82) is 0 Å². The summed E-state index contributed by atoms with van der Waals surface area (Å²) in [4.78, 5) is 0. The molecule has 0 unspecified atom stereocenters. The van der Waals surface area contributed by atoms with E-state index in [4.69, 9.17) is 0 Å². The second-order valence-electron chi connectivity index (χ2n) is 3.93. The van der Waals surface area contributed by atoms with E-state index >= 15 is 0 Å². The molecule has 3 heteroatoms. The molecule has 0 aromatic heterocycles. The van der Waals surface area contributed by atoms with Gasteiger partial charge in [-0.05, 0) is 20.8 Å². The molecule has 0 heterocycles. The molecule has 0 spiro atoms. The van der Waals surface area contributed by atoms with E-state index in [0.29, 0.717) is 0 Å². The zero-order chi connectivity index (χ0) is 10.4. The van der Waals surface area contributed by atoms with E-state index < -0.39 is 0 Å². The number of quaternary nitrogens is 1. The Morgan fingerprint density at radius 2 is 1.31 bits per heavy atom. The van der Waals surface area contributed by atoms with Gasteiger partial charge in [-0.3, -0.25) is 0 Å². The Hall–Kier alpha value is -0.0500. The number of halogens is 2. The van der Waals surface area contributed by atoms with Crippen LogP contribution < -0.4 is 0 Å². The summed E-state index contributed by atoms with van der Waals surface area (Å²) in [6, 6.07) is 10.8. The van der Waals surface area contributed by atoms with Crippen molar-refractivity contribution in [3.8, 4) is 0 Å². The van der Waals surface area contributed by atoms with Gasteiger partial charge in [0.25, 0.3) is 0 Å². The van der Waals surface area contributed by atoms with Crippen molar-refractivity contribution in [1.82, 2.24) is 0 Å². The molecule has 1 aromatic carbocycles. The summed E-state index contributed by atoms with van der Waals surface area (Å²) in [7, 11) is 0. The summed E-state index contributed by atoms with van der Waals surface area (Å²) in [5.41, 5.74) is 1.46. The van der Waals surface area contributed by atoms with Crippen LogP contribution in [0.4, 0.5) is 0 Å². The Bertz CT molecular complexity index is 252. The average Bonchev–Trinajstić information content (AvgIpc) is 2.28. The van der Waals surface area contributed by atoms with E-state index in [9.17, 15) is 0 Å². The van der Waals surface area contributed by atoms with E-state index in [0.717, 1.165) is 0 Å². The quantitative estimate of drug-likeness (QED) is 0.720. The van der Waals surface area contributed by atoms with Gasteiger partial charge in [0.15, 0.2) is 0 Å². The monoisotopic (exact) mass is 308 g/mol. The molecular weight excluding hydrogens is 286 g/mol. The average molecular weight is 310 g/mol. The van der Waals surface area contributed by atoms with Gasteiger partial charge in [-0.2, -0.15) is 0 Å². The van der Waals surface area contributed by atoms with E-state index in [-0.39, 0.29) is 29.4 Å². The first-order chi connectivity index (χ1) is 6.76. The molecule has 0 aliphatic heterocycles. The number of hydrogen-bond donors (Lipinski definition) is 0. The highest BCUT2D eigenvalue weighted by Crippen LogP contribution is 2.13.